The average molecular weight is 555 g/mol. The highest BCUT2D eigenvalue weighted by Crippen LogP contribution is 2.48. The summed E-state index contributed by atoms with van der Waals surface area (Å²) in [7, 11) is -4.10. The first-order valence-corrected chi connectivity index (χ1v) is 19.6. The number of hydrogen-bond acceptors (Lipinski definition) is 5. The van der Waals surface area contributed by atoms with Crippen LogP contribution in [0.2, 0.25) is 36.3 Å². The van der Waals surface area contributed by atoms with Crippen molar-refractivity contribution in [3.63, 3.8) is 0 Å². The molecule has 1 aromatic rings. The maximum atomic E-state index is 11.2. The van der Waals surface area contributed by atoms with Crippen LogP contribution in [-0.4, -0.2) is 34.5 Å². The van der Waals surface area contributed by atoms with Gasteiger partial charge in [-0.05, 0) is 61.2 Å². The van der Waals surface area contributed by atoms with Gasteiger partial charge in [0.1, 0.15) is 42.0 Å². The maximum Gasteiger partial charge on any atom is 0.250 e. The van der Waals surface area contributed by atoms with Gasteiger partial charge in [-0.25, -0.2) is 0 Å². The Hall–Kier alpha value is -2.39. The molecule has 38 heavy (non-hydrogen) atoms. The number of aromatic hydroxyl groups is 1. The van der Waals surface area contributed by atoms with Crippen molar-refractivity contribution in [2.45, 2.75) is 96.8 Å². The molecule has 0 radical (unpaired) electrons. The molecule has 1 atom stereocenters. The lowest BCUT2D eigenvalue weighted by Gasteiger charge is -2.38. The first kappa shape index (κ1) is 28.6. The van der Waals surface area contributed by atoms with Gasteiger partial charge in [0.25, 0.3) is 8.32 Å². The molecular weight excluding hydrogens is 509 g/mol. The molecule has 0 spiro atoms. The van der Waals surface area contributed by atoms with Crippen LogP contribution in [0.25, 0.3) is 5.57 Å². The molecule has 7 heteroatoms. The highest BCUT2D eigenvalue weighted by molar-refractivity contribution is 6.75. The van der Waals surface area contributed by atoms with Crippen LogP contribution in [0.1, 0.15) is 59.9 Å². The van der Waals surface area contributed by atoms with Crippen molar-refractivity contribution in [2.75, 3.05) is 6.61 Å². The van der Waals surface area contributed by atoms with E-state index in [1.807, 2.05) is 18.2 Å². The minimum atomic E-state index is -2.07. The van der Waals surface area contributed by atoms with E-state index in [4.69, 9.17) is 18.3 Å². The number of benzene rings is 1. The Morgan fingerprint density at radius 2 is 1.55 bits per heavy atom. The number of ether oxygens (including phenoxy) is 2. The summed E-state index contributed by atoms with van der Waals surface area (Å²) in [6.45, 7) is 26.9. The van der Waals surface area contributed by atoms with E-state index in [9.17, 15) is 5.11 Å². The van der Waals surface area contributed by atoms with Crippen LogP contribution >= 0.6 is 0 Å². The van der Waals surface area contributed by atoms with Crippen LogP contribution in [-0.2, 0) is 13.9 Å². The Morgan fingerprint density at radius 1 is 0.947 bits per heavy atom. The van der Waals surface area contributed by atoms with E-state index in [0.717, 1.165) is 35.1 Å². The fourth-order valence-corrected chi connectivity index (χ4v) is 6.25. The molecular formula is C31H46O5Si2. The maximum absolute atomic E-state index is 11.2. The van der Waals surface area contributed by atoms with E-state index >= 15 is 0 Å². The summed E-state index contributed by atoms with van der Waals surface area (Å²) < 4.78 is 25.7. The van der Waals surface area contributed by atoms with Gasteiger partial charge in [-0.3, -0.25) is 0 Å². The topological polar surface area (TPSA) is 57.2 Å². The van der Waals surface area contributed by atoms with Crippen LogP contribution < -0.4 is 4.43 Å². The largest absolute Gasteiger partial charge is 0.543 e. The summed E-state index contributed by atoms with van der Waals surface area (Å²) in [6, 6.07) is 5.63. The van der Waals surface area contributed by atoms with Crippen molar-refractivity contribution in [2.24, 2.45) is 5.92 Å². The van der Waals surface area contributed by atoms with E-state index in [0.29, 0.717) is 29.8 Å². The van der Waals surface area contributed by atoms with E-state index in [1.54, 1.807) is 12.3 Å². The summed E-state index contributed by atoms with van der Waals surface area (Å²) >= 11 is 0. The van der Waals surface area contributed by atoms with Gasteiger partial charge in [-0.15, -0.1) is 0 Å². The predicted octanol–water partition coefficient (Wildman–Crippen LogP) is 8.67. The molecule has 1 N–H and O–H groups in total. The Bertz CT molecular complexity index is 1200. The molecule has 5 nitrogen and oxygen atoms in total. The summed E-state index contributed by atoms with van der Waals surface area (Å²) in [4.78, 5) is 0. The van der Waals surface area contributed by atoms with Crippen LogP contribution in [0.5, 0.6) is 11.5 Å². The molecule has 1 aliphatic carbocycles. The summed E-state index contributed by atoms with van der Waals surface area (Å²) in [5.41, 5.74) is 3.47. The van der Waals surface area contributed by atoms with E-state index in [-0.39, 0.29) is 21.9 Å². The van der Waals surface area contributed by atoms with Crippen molar-refractivity contribution in [1.82, 2.24) is 0 Å². The lowest BCUT2D eigenvalue weighted by atomic mass is 9.86. The molecule has 1 aromatic carbocycles. The Labute approximate surface area is 231 Å². The smallest absolute Gasteiger partial charge is 0.250 e. The lowest BCUT2D eigenvalue weighted by Crippen LogP contribution is -2.43. The van der Waals surface area contributed by atoms with Crippen molar-refractivity contribution >= 4 is 22.2 Å². The van der Waals surface area contributed by atoms with E-state index in [2.05, 4.69) is 74.3 Å². The van der Waals surface area contributed by atoms with Crippen LogP contribution in [0.3, 0.4) is 0 Å². The van der Waals surface area contributed by atoms with Crippen molar-refractivity contribution < 1.29 is 23.4 Å². The average Bonchev–Trinajstić information content (AvgIpc) is 3.59. The number of allylic oxidation sites excluding steroid dienone is 2. The third-order valence-corrected chi connectivity index (χ3v) is 17.6. The molecule has 1 fully saturated rings. The van der Waals surface area contributed by atoms with Crippen molar-refractivity contribution in [3.8, 4) is 11.5 Å². The van der Waals surface area contributed by atoms with E-state index < -0.39 is 16.6 Å². The second kappa shape index (κ2) is 9.66. The first-order valence-electron chi connectivity index (χ1n) is 13.8. The number of phenolic OH excluding ortho intramolecular Hbond substituents is 1. The molecule has 0 saturated heterocycles. The number of fused-ring (bicyclic) bond motifs is 2. The summed E-state index contributed by atoms with van der Waals surface area (Å²) in [5, 5.41) is 11.3. The molecule has 1 unspecified atom stereocenters. The fourth-order valence-electron chi connectivity index (χ4n) is 4.22. The minimum Gasteiger partial charge on any atom is -0.543 e. The zero-order valence-corrected chi connectivity index (χ0v) is 27.0. The summed E-state index contributed by atoms with van der Waals surface area (Å²) in [6.07, 6.45) is 5.72. The zero-order valence-electron chi connectivity index (χ0n) is 25.0. The number of rotatable bonds is 6. The number of phenols is 1. The first-order chi connectivity index (χ1) is 17.4. The summed E-state index contributed by atoms with van der Waals surface area (Å²) in [5.74, 6) is 2.68. The third-order valence-electron chi connectivity index (χ3n) is 8.91. The number of hydrogen-bond donors (Lipinski definition) is 1. The third kappa shape index (κ3) is 5.64. The Balaban J connectivity index is 1.70. The standard InChI is InChI=1S/C31H46O5Si2/c1-20-27-17-23(36-38(10,11)31(5,6)7)18-34-29(21-12-13-21)28(20)25(19-33-27)24-15-14-22(16-26(24)32)35-37(8,9)30(2,3)4/h14-18,21,29,32H,1,12-13,19H2,2-11H3/b23-18+,27-17+. The molecule has 2 aliphatic heterocycles. The van der Waals surface area contributed by atoms with Crippen molar-refractivity contribution in [1.29, 1.82) is 0 Å². The molecule has 1 saturated carbocycles. The molecule has 2 bridgehead atoms. The van der Waals surface area contributed by atoms with Crippen molar-refractivity contribution in [3.05, 3.63) is 65.3 Å². The van der Waals surface area contributed by atoms with Gasteiger partial charge in [-0.2, -0.15) is 0 Å². The quantitative estimate of drug-likeness (QED) is 0.357. The zero-order chi connectivity index (χ0) is 28.3. The Kier molecular flexibility index (Phi) is 7.28. The van der Waals surface area contributed by atoms with Gasteiger partial charge in [0, 0.05) is 40.3 Å². The molecule has 0 amide bonds. The van der Waals surface area contributed by atoms with Gasteiger partial charge in [0.2, 0.25) is 8.32 Å². The molecule has 3 aliphatic rings. The second-order valence-corrected chi connectivity index (χ2v) is 23.4. The van der Waals surface area contributed by atoms with Gasteiger partial charge in [0.15, 0.2) is 0 Å². The Morgan fingerprint density at radius 3 is 2.11 bits per heavy atom. The van der Waals surface area contributed by atoms with Gasteiger partial charge < -0.3 is 23.4 Å². The lowest BCUT2D eigenvalue weighted by molar-refractivity contribution is 0.140. The SMILES string of the molecule is C=C1C2=C(c3ccc(O[Si](C)(C)C(C)(C)C)cc3O)CO/C1=C/C(O[Si](C)(C)C(C)(C)C)=C\OC2C1CC1. The highest BCUT2D eigenvalue weighted by atomic mass is 28.4. The van der Waals surface area contributed by atoms with Crippen LogP contribution in [0.15, 0.2) is 59.8 Å². The predicted molar refractivity (Wildman–Crippen MR) is 160 cm³/mol. The molecule has 4 rings (SSSR count). The van der Waals surface area contributed by atoms with Crippen LogP contribution in [0, 0.1) is 5.92 Å². The monoisotopic (exact) mass is 554 g/mol. The second-order valence-electron chi connectivity index (χ2n) is 14.0. The minimum absolute atomic E-state index is 0.0608. The van der Waals surface area contributed by atoms with Crippen LogP contribution in [0.4, 0.5) is 0 Å². The molecule has 0 aromatic heterocycles. The van der Waals surface area contributed by atoms with Gasteiger partial charge >= 0.3 is 0 Å². The van der Waals surface area contributed by atoms with E-state index in [1.165, 1.54) is 0 Å². The molecule has 208 valence electrons. The highest BCUT2D eigenvalue weighted by Gasteiger charge is 2.43. The molecule has 2 heterocycles. The van der Waals surface area contributed by atoms with Gasteiger partial charge in [-0.1, -0.05) is 48.1 Å². The van der Waals surface area contributed by atoms with Gasteiger partial charge in [0.05, 0.1) is 0 Å². The fraction of sp³-hybridized carbons (Fsp3) is 0.548. The normalized spacial score (nSPS) is 23.7.